The van der Waals surface area contributed by atoms with Gasteiger partial charge in [0.1, 0.15) is 0 Å². The summed E-state index contributed by atoms with van der Waals surface area (Å²) in [5.41, 5.74) is 3.16. The molecule has 0 amide bonds. The Morgan fingerprint density at radius 1 is 1.04 bits per heavy atom. The Balaban J connectivity index is 1.77. The molecular formula is C18H17N5O2. The third kappa shape index (κ3) is 4.29. The van der Waals surface area contributed by atoms with Gasteiger partial charge in [0, 0.05) is 11.4 Å². The molecule has 0 saturated heterocycles. The van der Waals surface area contributed by atoms with Crippen LogP contribution in [0.1, 0.15) is 15.9 Å². The van der Waals surface area contributed by atoms with E-state index in [0.717, 1.165) is 11.3 Å². The first-order chi connectivity index (χ1) is 12.1. The van der Waals surface area contributed by atoms with Gasteiger partial charge in [-0.1, -0.05) is 18.2 Å². The minimum atomic E-state index is -0.405. The number of hydrogen-bond donors (Lipinski definition) is 2. The molecule has 2 N–H and O–H groups in total. The van der Waals surface area contributed by atoms with Gasteiger partial charge in [0.15, 0.2) is 5.82 Å². The number of nitrogens with one attached hydrogen (secondary N) is 2. The van der Waals surface area contributed by atoms with Crippen LogP contribution >= 0.6 is 0 Å². The van der Waals surface area contributed by atoms with Crippen LogP contribution in [0.4, 0.5) is 23.1 Å². The SMILES string of the molecule is COC(=O)c1cccc(Nc2nncc(Nc3cccc(C)c3)n2)c1. The fraction of sp³-hybridized carbons (Fsp3) is 0.111. The van der Waals surface area contributed by atoms with Crippen molar-refractivity contribution in [2.75, 3.05) is 17.7 Å². The zero-order chi connectivity index (χ0) is 17.6. The summed E-state index contributed by atoms with van der Waals surface area (Å²) in [5, 5.41) is 14.1. The lowest BCUT2D eigenvalue weighted by atomic mass is 10.2. The van der Waals surface area contributed by atoms with Crippen molar-refractivity contribution in [1.29, 1.82) is 0 Å². The van der Waals surface area contributed by atoms with E-state index in [4.69, 9.17) is 4.74 Å². The molecule has 0 spiro atoms. The molecule has 7 nitrogen and oxygen atoms in total. The number of aryl methyl sites for hydroxylation is 1. The number of anilines is 4. The van der Waals surface area contributed by atoms with Crippen molar-refractivity contribution in [2.45, 2.75) is 6.92 Å². The number of benzene rings is 2. The Hall–Kier alpha value is -3.48. The van der Waals surface area contributed by atoms with Crippen LogP contribution in [0, 0.1) is 6.92 Å². The first kappa shape index (κ1) is 16.4. The van der Waals surface area contributed by atoms with Crippen LogP contribution in [-0.2, 0) is 4.74 Å². The summed E-state index contributed by atoms with van der Waals surface area (Å²) in [4.78, 5) is 16.0. The predicted molar refractivity (Wildman–Crippen MR) is 95.4 cm³/mol. The highest BCUT2D eigenvalue weighted by Crippen LogP contribution is 2.18. The zero-order valence-corrected chi connectivity index (χ0v) is 13.9. The molecular weight excluding hydrogens is 318 g/mol. The lowest BCUT2D eigenvalue weighted by Crippen LogP contribution is -2.04. The first-order valence-corrected chi connectivity index (χ1v) is 7.63. The highest BCUT2D eigenvalue weighted by molar-refractivity contribution is 5.90. The maximum absolute atomic E-state index is 11.6. The second-order valence-corrected chi connectivity index (χ2v) is 5.36. The lowest BCUT2D eigenvalue weighted by molar-refractivity contribution is 0.0601. The average molecular weight is 335 g/mol. The number of nitrogens with zero attached hydrogens (tertiary/aromatic N) is 3. The number of rotatable bonds is 5. The molecule has 0 unspecified atom stereocenters. The molecule has 3 aromatic rings. The lowest BCUT2D eigenvalue weighted by Gasteiger charge is -2.09. The van der Waals surface area contributed by atoms with Gasteiger partial charge in [-0.15, -0.1) is 5.10 Å². The van der Waals surface area contributed by atoms with E-state index < -0.39 is 5.97 Å². The van der Waals surface area contributed by atoms with Crippen molar-refractivity contribution in [1.82, 2.24) is 15.2 Å². The molecule has 25 heavy (non-hydrogen) atoms. The van der Waals surface area contributed by atoms with Crippen LogP contribution < -0.4 is 10.6 Å². The number of aromatic nitrogens is 3. The van der Waals surface area contributed by atoms with Crippen LogP contribution in [0.15, 0.2) is 54.7 Å². The number of carbonyl (C=O) groups is 1. The van der Waals surface area contributed by atoms with Crippen LogP contribution in [0.25, 0.3) is 0 Å². The molecule has 7 heteroatoms. The molecule has 0 fully saturated rings. The standard InChI is InChI=1S/C18H17N5O2/c1-12-5-3-7-14(9-12)20-16-11-19-23-18(22-16)21-15-8-4-6-13(10-15)17(24)25-2/h3-11H,1-2H3,(H2,20,21,22,23). The van der Waals surface area contributed by atoms with Gasteiger partial charge in [-0.3, -0.25) is 0 Å². The summed E-state index contributed by atoms with van der Waals surface area (Å²) in [6, 6.07) is 14.8. The molecule has 1 heterocycles. The molecule has 0 aliphatic carbocycles. The molecule has 1 aromatic heterocycles. The highest BCUT2D eigenvalue weighted by atomic mass is 16.5. The molecule has 126 valence electrons. The average Bonchev–Trinajstić information content (AvgIpc) is 2.61. The van der Waals surface area contributed by atoms with Gasteiger partial charge in [-0.25, -0.2) is 4.79 Å². The number of ether oxygens (including phenoxy) is 1. The van der Waals surface area contributed by atoms with Crippen molar-refractivity contribution < 1.29 is 9.53 Å². The second-order valence-electron chi connectivity index (χ2n) is 5.36. The van der Waals surface area contributed by atoms with Gasteiger partial charge in [-0.2, -0.15) is 10.1 Å². The van der Waals surface area contributed by atoms with Gasteiger partial charge >= 0.3 is 5.97 Å². The number of esters is 1. The van der Waals surface area contributed by atoms with E-state index in [0.29, 0.717) is 23.0 Å². The zero-order valence-electron chi connectivity index (χ0n) is 13.9. The van der Waals surface area contributed by atoms with Crippen molar-refractivity contribution in [3.63, 3.8) is 0 Å². The first-order valence-electron chi connectivity index (χ1n) is 7.63. The second kappa shape index (κ2) is 7.39. The maximum Gasteiger partial charge on any atom is 0.337 e. The van der Waals surface area contributed by atoms with Gasteiger partial charge in [0.2, 0.25) is 5.95 Å². The fourth-order valence-electron chi connectivity index (χ4n) is 2.26. The Kier molecular flexibility index (Phi) is 4.84. The van der Waals surface area contributed by atoms with Gasteiger partial charge in [0.25, 0.3) is 0 Å². The van der Waals surface area contributed by atoms with E-state index in [9.17, 15) is 4.79 Å². The third-order valence-electron chi connectivity index (χ3n) is 3.39. The predicted octanol–water partition coefficient (Wildman–Crippen LogP) is 3.45. The van der Waals surface area contributed by atoms with Crippen molar-refractivity contribution in [2.24, 2.45) is 0 Å². The normalized spacial score (nSPS) is 10.2. The number of hydrogen-bond acceptors (Lipinski definition) is 7. The molecule has 0 aliphatic rings. The molecule has 0 aliphatic heterocycles. The van der Waals surface area contributed by atoms with E-state index in [-0.39, 0.29) is 0 Å². The number of methoxy groups -OCH3 is 1. The smallest absolute Gasteiger partial charge is 0.337 e. The quantitative estimate of drug-likeness (QED) is 0.690. The highest BCUT2D eigenvalue weighted by Gasteiger charge is 2.07. The van der Waals surface area contributed by atoms with Crippen LogP contribution in [0.2, 0.25) is 0 Å². The van der Waals surface area contributed by atoms with E-state index in [2.05, 4.69) is 25.8 Å². The van der Waals surface area contributed by atoms with Crippen LogP contribution in [-0.4, -0.2) is 28.3 Å². The minimum Gasteiger partial charge on any atom is -0.465 e. The molecule has 0 radical (unpaired) electrons. The summed E-state index contributed by atoms with van der Waals surface area (Å²) in [6.07, 6.45) is 1.54. The monoisotopic (exact) mass is 335 g/mol. The van der Waals surface area contributed by atoms with Crippen molar-refractivity contribution in [3.05, 3.63) is 65.9 Å². The largest absolute Gasteiger partial charge is 0.465 e. The van der Waals surface area contributed by atoms with Crippen molar-refractivity contribution in [3.8, 4) is 0 Å². The number of carbonyl (C=O) groups excluding carboxylic acids is 1. The summed E-state index contributed by atoms with van der Waals surface area (Å²) in [5.74, 6) is 0.476. The molecule has 2 aromatic carbocycles. The van der Waals surface area contributed by atoms with E-state index in [1.165, 1.54) is 7.11 Å². The Labute approximate surface area is 145 Å². The molecule has 0 bridgehead atoms. The van der Waals surface area contributed by atoms with Gasteiger partial charge < -0.3 is 15.4 Å². The van der Waals surface area contributed by atoms with E-state index >= 15 is 0 Å². The maximum atomic E-state index is 11.6. The van der Waals surface area contributed by atoms with Gasteiger partial charge in [0.05, 0.1) is 18.9 Å². The molecule has 3 rings (SSSR count). The Morgan fingerprint density at radius 3 is 2.56 bits per heavy atom. The summed E-state index contributed by atoms with van der Waals surface area (Å²) in [6.45, 7) is 2.02. The van der Waals surface area contributed by atoms with E-state index in [1.807, 2.05) is 31.2 Å². The molecule has 0 saturated carbocycles. The Morgan fingerprint density at radius 2 is 1.80 bits per heavy atom. The van der Waals surface area contributed by atoms with Crippen LogP contribution in [0.3, 0.4) is 0 Å². The summed E-state index contributed by atoms with van der Waals surface area (Å²) < 4.78 is 4.72. The summed E-state index contributed by atoms with van der Waals surface area (Å²) >= 11 is 0. The van der Waals surface area contributed by atoms with Gasteiger partial charge in [-0.05, 0) is 42.8 Å². The van der Waals surface area contributed by atoms with Crippen LogP contribution in [0.5, 0.6) is 0 Å². The summed E-state index contributed by atoms with van der Waals surface area (Å²) in [7, 11) is 1.34. The Bertz CT molecular complexity index is 898. The van der Waals surface area contributed by atoms with Crippen molar-refractivity contribution >= 4 is 29.1 Å². The minimum absolute atomic E-state index is 0.319. The third-order valence-corrected chi connectivity index (χ3v) is 3.39. The topological polar surface area (TPSA) is 89.0 Å². The van der Waals surface area contributed by atoms with E-state index in [1.54, 1.807) is 30.5 Å². The molecule has 0 atom stereocenters. The fourth-order valence-corrected chi connectivity index (χ4v) is 2.26.